The molecule has 3 rings (SSSR count). The average molecular weight is 260 g/mol. The SMILES string of the molecule is O=C(N[C@H]1CCN2CCC[C@H]12)OCc1ccccc1. The Hall–Kier alpha value is -1.55. The molecule has 2 saturated heterocycles. The number of benzene rings is 1. The molecule has 0 radical (unpaired) electrons. The van der Waals surface area contributed by atoms with Crippen molar-refractivity contribution in [3.63, 3.8) is 0 Å². The number of carbonyl (C=O) groups is 1. The fourth-order valence-corrected chi connectivity index (χ4v) is 3.17. The van der Waals surface area contributed by atoms with Crippen LogP contribution in [0.1, 0.15) is 24.8 Å². The third-order valence-corrected chi connectivity index (χ3v) is 4.12. The number of hydrogen-bond donors (Lipinski definition) is 1. The Morgan fingerprint density at radius 3 is 2.95 bits per heavy atom. The van der Waals surface area contributed by atoms with E-state index in [1.165, 1.54) is 19.4 Å². The lowest BCUT2D eigenvalue weighted by molar-refractivity contribution is 0.133. The highest BCUT2D eigenvalue weighted by Crippen LogP contribution is 2.27. The van der Waals surface area contributed by atoms with Crippen LogP contribution in [0.5, 0.6) is 0 Å². The summed E-state index contributed by atoms with van der Waals surface area (Å²) in [6, 6.07) is 10.6. The molecule has 2 fully saturated rings. The molecule has 2 heterocycles. The van der Waals surface area contributed by atoms with Crippen molar-refractivity contribution in [1.29, 1.82) is 0 Å². The first-order chi connectivity index (χ1) is 9.33. The average Bonchev–Trinajstić information content (AvgIpc) is 3.03. The summed E-state index contributed by atoms with van der Waals surface area (Å²) in [6.07, 6.45) is 3.21. The zero-order valence-corrected chi connectivity index (χ0v) is 11.0. The van der Waals surface area contributed by atoms with Crippen LogP contribution < -0.4 is 5.32 Å². The predicted octanol–water partition coefficient (Wildman–Crippen LogP) is 2.15. The summed E-state index contributed by atoms with van der Waals surface area (Å²) in [7, 11) is 0. The smallest absolute Gasteiger partial charge is 0.407 e. The van der Waals surface area contributed by atoms with Crippen LogP contribution in [-0.2, 0) is 11.3 Å². The summed E-state index contributed by atoms with van der Waals surface area (Å²) >= 11 is 0. The van der Waals surface area contributed by atoms with Gasteiger partial charge in [0.2, 0.25) is 0 Å². The van der Waals surface area contributed by atoms with Gasteiger partial charge in [-0.25, -0.2) is 4.79 Å². The maximum absolute atomic E-state index is 11.8. The number of nitrogens with one attached hydrogen (secondary N) is 1. The molecular weight excluding hydrogens is 240 g/mol. The number of nitrogens with zero attached hydrogens (tertiary/aromatic N) is 1. The summed E-state index contributed by atoms with van der Waals surface area (Å²) in [5, 5.41) is 3.02. The topological polar surface area (TPSA) is 41.6 Å². The molecule has 2 aliphatic heterocycles. The highest BCUT2D eigenvalue weighted by molar-refractivity contribution is 5.67. The standard InChI is InChI=1S/C15H20N2O2/c18-15(19-11-12-5-2-1-3-6-12)16-13-8-10-17-9-4-7-14(13)17/h1-3,5-6,13-14H,4,7-11H2,(H,16,18)/t13-,14+/m0/s1. The third kappa shape index (κ3) is 2.89. The Labute approximate surface area is 113 Å². The zero-order valence-electron chi connectivity index (χ0n) is 11.0. The molecule has 0 spiro atoms. The monoisotopic (exact) mass is 260 g/mol. The molecule has 0 aliphatic carbocycles. The molecule has 1 amide bonds. The van der Waals surface area contributed by atoms with Gasteiger partial charge < -0.3 is 10.1 Å². The lowest BCUT2D eigenvalue weighted by atomic mass is 10.1. The van der Waals surface area contributed by atoms with E-state index in [4.69, 9.17) is 4.74 Å². The highest BCUT2D eigenvalue weighted by atomic mass is 16.5. The molecule has 0 saturated carbocycles. The second-order valence-corrected chi connectivity index (χ2v) is 5.35. The molecule has 19 heavy (non-hydrogen) atoms. The summed E-state index contributed by atoms with van der Waals surface area (Å²) in [5.74, 6) is 0. The zero-order chi connectivity index (χ0) is 13.1. The van der Waals surface area contributed by atoms with Gasteiger partial charge in [-0.05, 0) is 31.4 Å². The molecule has 4 nitrogen and oxygen atoms in total. The van der Waals surface area contributed by atoms with Crippen LogP contribution in [0.2, 0.25) is 0 Å². The fraction of sp³-hybridized carbons (Fsp3) is 0.533. The molecule has 0 bridgehead atoms. The predicted molar refractivity (Wildman–Crippen MR) is 72.8 cm³/mol. The van der Waals surface area contributed by atoms with Crippen molar-refractivity contribution in [2.45, 2.75) is 38.0 Å². The van der Waals surface area contributed by atoms with E-state index in [1.54, 1.807) is 0 Å². The van der Waals surface area contributed by atoms with Gasteiger partial charge in [0, 0.05) is 18.6 Å². The summed E-state index contributed by atoms with van der Waals surface area (Å²) in [5.41, 5.74) is 1.02. The van der Waals surface area contributed by atoms with E-state index >= 15 is 0 Å². The maximum Gasteiger partial charge on any atom is 0.407 e. The quantitative estimate of drug-likeness (QED) is 0.905. The van der Waals surface area contributed by atoms with Crippen LogP contribution in [-0.4, -0.2) is 36.2 Å². The van der Waals surface area contributed by atoms with E-state index in [0.717, 1.165) is 18.5 Å². The van der Waals surface area contributed by atoms with Gasteiger partial charge in [-0.3, -0.25) is 4.90 Å². The van der Waals surface area contributed by atoms with Gasteiger partial charge in [-0.1, -0.05) is 30.3 Å². The minimum Gasteiger partial charge on any atom is -0.445 e. The first-order valence-electron chi connectivity index (χ1n) is 7.04. The number of amides is 1. The van der Waals surface area contributed by atoms with Crippen molar-refractivity contribution in [3.8, 4) is 0 Å². The van der Waals surface area contributed by atoms with E-state index in [0.29, 0.717) is 12.6 Å². The Morgan fingerprint density at radius 2 is 2.11 bits per heavy atom. The Kier molecular flexibility index (Phi) is 3.69. The molecule has 2 aliphatic rings. The number of fused-ring (bicyclic) bond motifs is 1. The van der Waals surface area contributed by atoms with Gasteiger partial charge in [0.05, 0.1) is 0 Å². The van der Waals surface area contributed by atoms with Crippen molar-refractivity contribution in [1.82, 2.24) is 10.2 Å². The van der Waals surface area contributed by atoms with Crippen molar-refractivity contribution in [3.05, 3.63) is 35.9 Å². The van der Waals surface area contributed by atoms with Gasteiger partial charge in [-0.15, -0.1) is 0 Å². The third-order valence-electron chi connectivity index (χ3n) is 4.12. The lowest BCUT2D eigenvalue weighted by Gasteiger charge is -2.20. The second-order valence-electron chi connectivity index (χ2n) is 5.35. The molecule has 0 unspecified atom stereocenters. The number of hydrogen-bond acceptors (Lipinski definition) is 3. The Balaban J connectivity index is 1.46. The van der Waals surface area contributed by atoms with E-state index in [-0.39, 0.29) is 12.1 Å². The number of rotatable bonds is 3. The molecular formula is C15H20N2O2. The summed E-state index contributed by atoms with van der Waals surface area (Å²) in [4.78, 5) is 14.3. The molecule has 0 aromatic heterocycles. The summed E-state index contributed by atoms with van der Waals surface area (Å²) in [6.45, 7) is 2.63. The Morgan fingerprint density at radius 1 is 1.26 bits per heavy atom. The van der Waals surface area contributed by atoms with Gasteiger partial charge in [-0.2, -0.15) is 0 Å². The molecule has 1 aromatic carbocycles. The van der Waals surface area contributed by atoms with Crippen LogP contribution in [0.25, 0.3) is 0 Å². The first-order valence-corrected chi connectivity index (χ1v) is 7.04. The van der Waals surface area contributed by atoms with Crippen LogP contribution in [0, 0.1) is 0 Å². The summed E-state index contributed by atoms with van der Waals surface area (Å²) < 4.78 is 5.27. The molecule has 1 N–H and O–H groups in total. The number of ether oxygens (including phenoxy) is 1. The van der Waals surface area contributed by atoms with E-state index in [1.807, 2.05) is 30.3 Å². The van der Waals surface area contributed by atoms with Crippen LogP contribution >= 0.6 is 0 Å². The van der Waals surface area contributed by atoms with Gasteiger partial charge in [0.1, 0.15) is 6.61 Å². The largest absolute Gasteiger partial charge is 0.445 e. The van der Waals surface area contributed by atoms with E-state index < -0.39 is 0 Å². The minimum absolute atomic E-state index is 0.269. The van der Waals surface area contributed by atoms with Gasteiger partial charge in [0.15, 0.2) is 0 Å². The molecule has 1 aromatic rings. The number of alkyl carbamates (subject to hydrolysis) is 1. The van der Waals surface area contributed by atoms with Crippen LogP contribution in [0.15, 0.2) is 30.3 Å². The second kappa shape index (κ2) is 5.61. The van der Waals surface area contributed by atoms with E-state index in [2.05, 4.69) is 10.2 Å². The van der Waals surface area contributed by atoms with Gasteiger partial charge in [0.25, 0.3) is 0 Å². The van der Waals surface area contributed by atoms with Crippen LogP contribution in [0.4, 0.5) is 4.79 Å². The van der Waals surface area contributed by atoms with Crippen molar-refractivity contribution in [2.75, 3.05) is 13.1 Å². The normalized spacial score (nSPS) is 26.1. The number of carbonyl (C=O) groups excluding carboxylic acids is 1. The lowest BCUT2D eigenvalue weighted by Crippen LogP contribution is -2.42. The van der Waals surface area contributed by atoms with Crippen molar-refractivity contribution < 1.29 is 9.53 Å². The van der Waals surface area contributed by atoms with E-state index in [9.17, 15) is 4.79 Å². The van der Waals surface area contributed by atoms with Crippen molar-refractivity contribution >= 4 is 6.09 Å². The maximum atomic E-state index is 11.8. The van der Waals surface area contributed by atoms with Crippen LogP contribution in [0.3, 0.4) is 0 Å². The molecule has 4 heteroatoms. The fourth-order valence-electron chi connectivity index (χ4n) is 3.17. The first kappa shape index (κ1) is 12.5. The molecule has 2 atom stereocenters. The molecule has 102 valence electrons. The highest BCUT2D eigenvalue weighted by Gasteiger charge is 2.37. The Bertz CT molecular complexity index is 435. The van der Waals surface area contributed by atoms with Crippen molar-refractivity contribution in [2.24, 2.45) is 0 Å². The minimum atomic E-state index is -0.289. The van der Waals surface area contributed by atoms with Gasteiger partial charge >= 0.3 is 6.09 Å².